The number of aryl methyl sites for hydroxylation is 1. The first kappa shape index (κ1) is 25.2. The third-order valence-corrected chi connectivity index (χ3v) is 7.23. The molecule has 2 aliphatic carbocycles. The van der Waals surface area contributed by atoms with Crippen LogP contribution in [-0.2, 0) is 11.2 Å². The number of likely N-dealkylation sites (tertiary alicyclic amines) is 1. The van der Waals surface area contributed by atoms with Crippen LogP contribution in [0.4, 0.5) is 13.2 Å². The van der Waals surface area contributed by atoms with E-state index in [0.29, 0.717) is 49.1 Å². The molecule has 1 N–H and O–H groups in total. The molecule has 0 bridgehead atoms. The van der Waals surface area contributed by atoms with Gasteiger partial charge >= 0.3 is 6.36 Å². The molecule has 2 aromatic rings. The zero-order valence-corrected chi connectivity index (χ0v) is 20.4. The Bertz CT molecular complexity index is 1140. The first-order valence-corrected chi connectivity index (χ1v) is 12.4. The molecule has 2 amide bonds. The molecule has 3 fully saturated rings. The molecular formula is C27H29F3N2O5. The maximum Gasteiger partial charge on any atom is 0.573 e. The van der Waals surface area contributed by atoms with E-state index < -0.39 is 6.36 Å². The van der Waals surface area contributed by atoms with Gasteiger partial charge in [-0.2, -0.15) is 0 Å². The number of carbonyl (C=O) groups excluding carboxylic acids is 2. The molecule has 0 radical (unpaired) electrons. The summed E-state index contributed by atoms with van der Waals surface area (Å²) in [6, 6.07) is 10.8. The van der Waals surface area contributed by atoms with Crippen LogP contribution >= 0.6 is 0 Å². The van der Waals surface area contributed by atoms with Crippen molar-refractivity contribution in [1.29, 1.82) is 0 Å². The van der Waals surface area contributed by atoms with E-state index in [1.807, 2.05) is 0 Å². The molecule has 0 aromatic heterocycles. The van der Waals surface area contributed by atoms with Gasteiger partial charge in [-0.3, -0.25) is 9.59 Å². The van der Waals surface area contributed by atoms with Gasteiger partial charge in [0.25, 0.3) is 5.91 Å². The number of nitrogens with one attached hydrogen (secondary N) is 1. The standard InChI is InChI=1S/C27H29F3N2O5/c1-35-22-10-7-18(12-23(22)36-15-17-2-3-17)26(34)31-25-20-13-32(14-21(20)25)24(33)11-6-16-4-8-19(9-5-16)37-27(28,29)30/h4-5,7-10,12,17,20-21,25H,2-3,6,11,13-15H2,1H3,(H,31,34)/t20-,21-/m1/s1. The maximum atomic E-state index is 12.8. The SMILES string of the molecule is COc1ccc(C(=O)NC2[C@@H]3CN(C(=O)CCc4ccc(OC(F)(F)F)cc4)C[C@@H]23)cc1OCC1CC1. The lowest BCUT2D eigenvalue weighted by Gasteiger charge is -2.20. The topological polar surface area (TPSA) is 77.1 Å². The van der Waals surface area contributed by atoms with Gasteiger partial charge in [-0.15, -0.1) is 13.2 Å². The van der Waals surface area contributed by atoms with E-state index in [1.54, 1.807) is 30.2 Å². The number of nitrogens with zero attached hydrogens (tertiary/aromatic N) is 1. The third kappa shape index (κ3) is 6.29. The molecule has 2 atom stereocenters. The van der Waals surface area contributed by atoms with Crippen LogP contribution in [0, 0.1) is 17.8 Å². The maximum absolute atomic E-state index is 12.8. The second-order valence-corrected chi connectivity index (χ2v) is 9.94. The van der Waals surface area contributed by atoms with E-state index in [9.17, 15) is 22.8 Å². The lowest BCUT2D eigenvalue weighted by Crippen LogP contribution is -2.37. The fourth-order valence-corrected chi connectivity index (χ4v) is 4.87. The Morgan fingerprint density at radius 1 is 1.03 bits per heavy atom. The molecular weight excluding hydrogens is 489 g/mol. The summed E-state index contributed by atoms with van der Waals surface area (Å²) in [5.74, 6) is 1.75. The van der Waals surface area contributed by atoms with Crippen molar-refractivity contribution in [2.75, 3.05) is 26.8 Å². The number of amides is 2. The Kier molecular flexibility index (Phi) is 6.92. The lowest BCUT2D eigenvalue weighted by molar-refractivity contribution is -0.274. The molecule has 10 heteroatoms. The van der Waals surface area contributed by atoms with Gasteiger partial charge in [0, 0.05) is 43.0 Å². The van der Waals surface area contributed by atoms with E-state index in [1.165, 1.54) is 37.1 Å². The van der Waals surface area contributed by atoms with Crippen LogP contribution in [0.25, 0.3) is 0 Å². The minimum absolute atomic E-state index is 0.000465. The Morgan fingerprint density at radius 3 is 2.35 bits per heavy atom. The molecule has 1 aliphatic heterocycles. The Hall–Kier alpha value is -3.43. The molecule has 1 heterocycles. The van der Waals surface area contributed by atoms with Crippen molar-refractivity contribution in [3.63, 3.8) is 0 Å². The summed E-state index contributed by atoms with van der Waals surface area (Å²) in [6.45, 7) is 1.80. The molecule has 198 valence electrons. The zero-order chi connectivity index (χ0) is 26.2. The van der Waals surface area contributed by atoms with Crippen molar-refractivity contribution in [2.45, 2.75) is 38.1 Å². The van der Waals surface area contributed by atoms with Crippen LogP contribution in [0.15, 0.2) is 42.5 Å². The number of hydrogen-bond donors (Lipinski definition) is 1. The summed E-state index contributed by atoms with van der Waals surface area (Å²) in [6.07, 6.45) is -1.70. The molecule has 7 nitrogen and oxygen atoms in total. The number of benzene rings is 2. The van der Waals surface area contributed by atoms with Crippen LogP contribution < -0.4 is 19.5 Å². The van der Waals surface area contributed by atoms with Gasteiger partial charge in [0.15, 0.2) is 11.5 Å². The summed E-state index contributed by atoms with van der Waals surface area (Å²) in [7, 11) is 1.57. The summed E-state index contributed by atoms with van der Waals surface area (Å²) >= 11 is 0. The molecule has 2 saturated carbocycles. The summed E-state index contributed by atoms with van der Waals surface area (Å²) in [4.78, 5) is 27.3. The number of halogens is 3. The number of piperidine rings is 1. The highest BCUT2D eigenvalue weighted by molar-refractivity contribution is 5.95. The largest absolute Gasteiger partial charge is 0.573 e. The van der Waals surface area contributed by atoms with E-state index >= 15 is 0 Å². The van der Waals surface area contributed by atoms with Crippen LogP contribution in [0.3, 0.4) is 0 Å². The number of ether oxygens (including phenoxy) is 3. The van der Waals surface area contributed by atoms with Crippen LogP contribution in [0.5, 0.6) is 17.2 Å². The molecule has 0 unspecified atom stereocenters. The van der Waals surface area contributed by atoms with Crippen molar-refractivity contribution >= 4 is 11.8 Å². The minimum atomic E-state index is -4.73. The number of methoxy groups -OCH3 is 1. The molecule has 2 aromatic carbocycles. The predicted octanol–water partition coefficient (Wildman–Crippen LogP) is 4.20. The number of fused-ring (bicyclic) bond motifs is 1. The quantitative estimate of drug-likeness (QED) is 0.510. The number of carbonyl (C=O) groups is 2. The van der Waals surface area contributed by atoms with Crippen molar-refractivity contribution in [2.24, 2.45) is 17.8 Å². The zero-order valence-electron chi connectivity index (χ0n) is 20.4. The van der Waals surface area contributed by atoms with Gasteiger partial charge in [0.1, 0.15) is 5.75 Å². The first-order chi connectivity index (χ1) is 17.7. The number of alkyl halides is 3. The van der Waals surface area contributed by atoms with Gasteiger partial charge in [0.05, 0.1) is 13.7 Å². The van der Waals surface area contributed by atoms with Gasteiger partial charge in [-0.05, 0) is 61.1 Å². The minimum Gasteiger partial charge on any atom is -0.493 e. The fraction of sp³-hybridized carbons (Fsp3) is 0.481. The Balaban J connectivity index is 1.07. The summed E-state index contributed by atoms with van der Waals surface area (Å²) in [5.41, 5.74) is 1.27. The van der Waals surface area contributed by atoms with Crippen molar-refractivity contribution in [3.8, 4) is 17.2 Å². The summed E-state index contributed by atoms with van der Waals surface area (Å²) in [5, 5.41) is 3.09. The van der Waals surface area contributed by atoms with E-state index in [-0.39, 0.29) is 41.9 Å². The highest BCUT2D eigenvalue weighted by atomic mass is 19.4. The molecule has 0 spiro atoms. The normalized spacial score (nSPS) is 22.3. The van der Waals surface area contributed by atoms with E-state index in [4.69, 9.17) is 9.47 Å². The third-order valence-electron chi connectivity index (χ3n) is 7.23. The molecule has 5 rings (SSSR count). The van der Waals surface area contributed by atoms with Gasteiger partial charge < -0.3 is 24.4 Å². The van der Waals surface area contributed by atoms with Crippen LogP contribution in [0.1, 0.15) is 35.2 Å². The van der Waals surface area contributed by atoms with E-state index in [2.05, 4.69) is 10.1 Å². The molecule has 3 aliphatic rings. The second-order valence-electron chi connectivity index (χ2n) is 9.94. The smallest absolute Gasteiger partial charge is 0.493 e. The Morgan fingerprint density at radius 2 is 1.73 bits per heavy atom. The van der Waals surface area contributed by atoms with Crippen LogP contribution in [0.2, 0.25) is 0 Å². The number of hydrogen-bond acceptors (Lipinski definition) is 5. The average Bonchev–Trinajstić information content (AvgIpc) is 3.77. The summed E-state index contributed by atoms with van der Waals surface area (Å²) < 4.78 is 51.9. The first-order valence-electron chi connectivity index (χ1n) is 12.4. The van der Waals surface area contributed by atoms with Crippen molar-refractivity contribution in [3.05, 3.63) is 53.6 Å². The van der Waals surface area contributed by atoms with Crippen molar-refractivity contribution in [1.82, 2.24) is 10.2 Å². The highest BCUT2D eigenvalue weighted by Gasteiger charge is 2.57. The van der Waals surface area contributed by atoms with Gasteiger partial charge in [-0.25, -0.2) is 0 Å². The second kappa shape index (κ2) is 10.1. The average molecular weight is 519 g/mol. The molecule has 1 saturated heterocycles. The van der Waals surface area contributed by atoms with Crippen molar-refractivity contribution < 1.29 is 37.0 Å². The highest BCUT2D eigenvalue weighted by Crippen LogP contribution is 2.46. The predicted molar refractivity (Wildman–Crippen MR) is 127 cm³/mol. The number of rotatable bonds is 10. The van der Waals surface area contributed by atoms with Gasteiger partial charge in [0.2, 0.25) is 5.91 Å². The molecule has 37 heavy (non-hydrogen) atoms. The van der Waals surface area contributed by atoms with E-state index in [0.717, 1.165) is 5.56 Å². The van der Waals surface area contributed by atoms with Crippen LogP contribution in [-0.4, -0.2) is 55.9 Å². The van der Waals surface area contributed by atoms with Gasteiger partial charge in [-0.1, -0.05) is 12.1 Å². The fourth-order valence-electron chi connectivity index (χ4n) is 4.87. The lowest BCUT2D eigenvalue weighted by atomic mass is 10.1. The monoisotopic (exact) mass is 518 g/mol. The Labute approximate surface area is 212 Å².